The van der Waals surface area contributed by atoms with Crippen LogP contribution in [0, 0.1) is 0 Å². The van der Waals surface area contributed by atoms with Gasteiger partial charge in [0.05, 0.1) is 26.4 Å². The van der Waals surface area contributed by atoms with Gasteiger partial charge in [0.25, 0.3) is 0 Å². The van der Waals surface area contributed by atoms with E-state index in [1.807, 2.05) is 36.4 Å². The summed E-state index contributed by atoms with van der Waals surface area (Å²) in [6, 6.07) is 20.2. The molecule has 0 spiro atoms. The molecule has 0 bridgehead atoms. The zero-order valence-corrected chi connectivity index (χ0v) is 21.0. The van der Waals surface area contributed by atoms with E-state index in [0.717, 1.165) is 71.7 Å². The van der Waals surface area contributed by atoms with Gasteiger partial charge in [0.15, 0.2) is 0 Å². The number of ether oxygens (including phenoxy) is 8. The zero-order valence-electron chi connectivity index (χ0n) is 21.0. The maximum atomic E-state index is 6.11. The Morgan fingerprint density at radius 3 is 1.16 bits per heavy atom. The molecule has 0 aliphatic carbocycles. The van der Waals surface area contributed by atoms with Crippen LogP contribution in [0.1, 0.15) is 0 Å². The van der Waals surface area contributed by atoms with Crippen molar-refractivity contribution in [2.24, 2.45) is 0 Å². The lowest BCUT2D eigenvalue weighted by atomic mass is 9.98. The fourth-order valence-corrected chi connectivity index (χ4v) is 4.13. The molecule has 0 aromatic heterocycles. The summed E-state index contributed by atoms with van der Waals surface area (Å²) in [6.07, 6.45) is 0.738. The predicted molar refractivity (Wildman–Crippen MR) is 138 cm³/mol. The van der Waals surface area contributed by atoms with Crippen LogP contribution in [0.3, 0.4) is 0 Å². The van der Waals surface area contributed by atoms with Crippen LogP contribution in [0.2, 0.25) is 0 Å². The molecule has 4 unspecified atom stereocenters. The van der Waals surface area contributed by atoms with Gasteiger partial charge in [-0.05, 0) is 47.5 Å². The van der Waals surface area contributed by atoms with Crippen molar-refractivity contribution in [1.82, 2.24) is 0 Å². The van der Waals surface area contributed by atoms with Gasteiger partial charge in [0.1, 0.15) is 73.8 Å². The summed E-state index contributed by atoms with van der Waals surface area (Å²) in [5.41, 5.74) is 3.99. The fourth-order valence-electron chi connectivity index (χ4n) is 4.13. The maximum absolute atomic E-state index is 6.11. The molecule has 8 heteroatoms. The van der Waals surface area contributed by atoms with Gasteiger partial charge >= 0.3 is 0 Å². The van der Waals surface area contributed by atoms with Gasteiger partial charge in [0.2, 0.25) is 0 Å². The molecule has 0 N–H and O–H groups in total. The van der Waals surface area contributed by atoms with Gasteiger partial charge in [-0.3, -0.25) is 0 Å². The Balaban J connectivity index is 1.15. The minimum absolute atomic E-state index is 0.175. The summed E-state index contributed by atoms with van der Waals surface area (Å²) < 4.78 is 45.3. The van der Waals surface area contributed by atoms with Crippen LogP contribution in [0.4, 0.5) is 0 Å². The Kier molecular flexibility index (Phi) is 6.55. The monoisotopic (exact) mass is 518 g/mol. The van der Waals surface area contributed by atoms with Gasteiger partial charge in [0, 0.05) is 11.1 Å². The second-order valence-corrected chi connectivity index (χ2v) is 9.96. The first-order chi connectivity index (χ1) is 18.8. The topological polar surface area (TPSA) is 87.0 Å². The molecule has 0 saturated carbocycles. The van der Waals surface area contributed by atoms with Gasteiger partial charge in [-0.2, -0.15) is 0 Å². The predicted octanol–water partition coefficient (Wildman–Crippen LogP) is 4.13. The molecule has 4 atom stereocenters. The van der Waals surface area contributed by atoms with E-state index in [1.54, 1.807) is 0 Å². The minimum Gasteiger partial charge on any atom is -0.491 e. The molecule has 0 radical (unpaired) electrons. The first kappa shape index (κ1) is 23.8. The highest BCUT2D eigenvalue weighted by Gasteiger charge is 2.26. The van der Waals surface area contributed by atoms with E-state index in [4.69, 9.17) is 37.9 Å². The Labute approximate surface area is 221 Å². The summed E-state index contributed by atoms with van der Waals surface area (Å²) in [7, 11) is 0. The Morgan fingerprint density at radius 2 is 0.816 bits per heavy atom. The molecular weight excluding hydrogens is 488 g/mol. The lowest BCUT2D eigenvalue weighted by molar-refractivity contribution is 0.258. The van der Waals surface area contributed by atoms with Gasteiger partial charge < -0.3 is 37.9 Å². The SMILES string of the molecule is c1cc(OCC2CO2)c(-c2ccc(-c3cc(OCC4CO4)ccc3OCC3CO3)cc2)cc1OCC1CO1. The molecule has 0 amide bonds. The lowest BCUT2D eigenvalue weighted by Crippen LogP contribution is -2.07. The largest absolute Gasteiger partial charge is 0.491 e. The lowest BCUT2D eigenvalue weighted by Gasteiger charge is -2.16. The van der Waals surface area contributed by atoms with Gasteiger partial charge in [-0.1, -0.05) is 24.3 Å². The summed E-state index contributed by atoms with van der Waals surface area (Å²) in [4.78, 5) is 0. The van der Waals surface area contributed by atoms with E-state index < -0.39 is 0 Å². The van der Waals surface area contributed by atoms with Gasteiger partial charge in [-0.15, -0.1) is 0 Å². The zero-order chi connectivity index (χ0) is 25.3. The van der Waals surface area contributed by atoms with E-state index in [0.29, 0.717) is 26.4 Å². The normalized spacial score (nSPS) is 24.4. The molecule has 4 heterocycles. The molecule has 8 nitrogen and oxygen atoms in total. The molecule has 7 rings (SSSR count). The summed E-state index contributed by atoms with van der Waals surface area (Å²) in [5.74, 6) is 3.18. The Bertz CT molecular complexity index is 1160. The van der Waals surface area contributed by atoms with Crippen LogP contribution in [-0.2, 0) is 18.9 Å². The number of benzene rings is 3. The fraction of sp³-hybridized carbons (Fsp3) is 0.400. The van der Waals surface area contributed by atoms with Gasteiger partial charge in [-0.25, -0.2) is 0 Å². The average molecular weight is 519 g/mol. The average Bonchev–Trinajstić information content (AvgIpc) is 3.79. The molecule has 4 saturated heterocycles. The molecule has 198 valence electrons. The van der Waals surface area contributed by atoms with Crippen LogP contribution in [-0.4, -0.2) is 77.3 Å². The second kappa shape index (κ2) is 10.5. The van der Waals surface area contributed by atoms with Crippen molar-refractivity contribution in [1.29, 1.82) is 0 Å². The maximum Gasteiger partial charge on any atom is 0.127 e. The van der Waals surface area contributed by atoms with E-state index in [2.05, 4.69) is 24.3 Å². The minimum atomic E-state index is 0.175. The van der Waals surface area contributed by atoms with Crippen LogP contribution in [0.25, 0.3) is 22.3 Å². The number of hydrogen-bond donors (Lipinski definition) is 0. The summed E-state index contributed by atoms with van der Waals surface area (Å²) in [6.45, 7) is 5.19. The highest BCUT2D eigenvalue weighted by atomic mass is 16.6. The first-order valence-electron chi connectivity index (χ1n) is 13.1. The molecule has 4 aliphatic rings. The highest BCUT2D eigenvalue weighted by Crippen LogP contribution is 2.38. The van der Waals surface area contributed by atoms with Crippen LogP contribution < -0.4 is 18.9 Å². The molecule has 4 aliphatic heterocycles. The highest BCUT2D eigenvalue weighted by molar-refractivity contribution is 5.77. The Morgan fingerprint density at radius 1 is 0.474 bits per heavy atom. The van der Waals surface area contributed by atoms with E-state index in [9.17, 15) is 0 Å². The number of rotatable bonds is 14. The van der Waals surface area contributed by atoms with E-state index in [-0.39, 0.29) is 24.4 Å². The third kappa shape index (κ3) is 6.22. The van der Waals surface area contributed by atoms with E-state index >= 15 is 0 Å². The van der Waals surface area contributed by atoms with Crippen molar-refractivity contribution < 1.29 is 37.9 Å². The van der Waals surface area contributed by atoms with Crippen molar-refractivity contribution in [3.63, 3.8) is 0 Å². The molecular formula is C30H30O8. The van der Waals surface area contributed by atoms with Crippen molar-refractivity contribution in [2.75, 3.05) is 52.9 Å². The van der Waals surface area contributed by atoms with Crippen molar-refractivity contribution in [3.05, 3.63) is 60.7 Å². The third-order valence-corrected chi connectivity index (χ3v) is 6.74. The van der Waals surface area contributed by atoms with Crippen LogP contribution in [0.15, 0.2) is 60.7 Å². The van der Waals surface area contributed by atoms with Crippen molar-refractivity contribution in [3.8, 4) is 45.3 Å². The molecule has 38 heavy (non-hydrogen) atoms. The number of hydrogen-bond acceptors (Lipinski definition) is 8. The third-order valence-electron chi connectivity index (χ3n) is 6.74. The summed E-state index contributed by atoms with van der Waals surface area (Å²) in [5, 5.41) is 0. The smallest absolute Gasteiger partial charge is 0.127 e. The first-order valence-corrected chi connectivity index (χ1v) is 13.1. The van der Waals surface area contributed by atoms with Crippen LogP contribution >= 0.6 is 0 Å². The molecule has 4 fully saturated rings. The summed E-state index contributed by atoms with van der Waals surface area (Å²) >= 11 is 0. The quantitative estimate of drug-likeness (QED) is 0.295. The second-order valence-electron chi connectivity index (χ2n) is 9.96. The van der Waals surface area contributed by atoms with Crippen molar-refractivity contribution >= 4 is 0 Å². The molecule has 3 aromatic carbocycles. The van der Waals surface area contributed by atoms with Crippen molar-refractivity contribution in [2.45, 2.75) is 24.4 Å². The van der Waals surface area contributed by atoms with E-state index in [1.165, 1.54) is 0 Å². The molecule has 3 aromatic rings. The number of epoxide rings is 4. The Hall–Kier alpha value is -3.30. The standard InChI is InChI=1S/C30H30O8/c1-2-20(28-10-22(32-12-24-14-34-24)6-8-30(28)38-18-26-16-36-26)4-3-19(1)27-9-21(31-11-23-13-33-23)5-7-29(27)37-17-25-15-35-25/h1-10,23-26H,11-18H2. The van der Waals surface area contributed by atoms with Crippen LogP contribution in [0.5, 0.6) is 23.0 Å².